The van der Waals surface area contributed by atoms with Crippen LogP contribution in [0.1, 0.15) is 46.0 Å². The first-order valence-corrected chi connectivity index (χ1v) is 7.29. The van der Waals surface area contributed by atoms with Crippen molar-refractivity contribution in [3.05, 3.63) is 40.7 Å². The summed E-state index contributed by atoms with van der Waals surface area (Å²) in [6.45, 7) is 6.62. The molecule has 0 amide bonds. The minimum Gasteiger partial charge on any atom is -0.497 e. The van der Waals surface area contributed by atoms with Gasteiger partial charge in [0.15, 0.2) is 11.6 Å². The highest BCUT2D eigenvalue weighted by Crippen LogP contribution is 2.33. The number of aromatic nitrogens is 1. The van der Waals surface area contributed by atoms with E-state index < -0.39 is 0 Å². The molecule has 0 N–H and O–H groups in total. The first-order valence-electron chi connectivity index (χ1n) is 7.29. The van der Waals surface area contributed by atoms with E-state index in [9.17, 15) is 9.59 Å². The molecule has 0 fully saturated rings. The molecular formula is C18H21NO4. The lowest BCUT2D eigenvalue weighted by molar-refractivity contribution is 0.0981. The van der Waals surface area contributed by atoms with Gasteiger partial charge in [-0.3, -0.25) is 9.59 Å². The number of carbonyl (C=O) groups excluding carboxylic acids is 2. The highest BCUT2D eigenvalue weighted by atomic mass is 16.5. The monoisotopic (exact) mass is 315 g/mol. The lowest BCUT2D eigenvalue weighted by Crippen LogP contribution is -2.03. The number of hydrogen-bond donors (Lipinski definition) is 0. The molecule has 0 aliphatic heterocycles. The second-order valence-electron chi connectivity index (χ2n) is 5.41. The topological polar surface area (TPSA) is 57.5 Å². The molecule has 5 heteroatoms. The minimum atomic E-state index is -0.123. The lowest BCUT2D eigenvalue weighted by Gasteiger charge is -2.15. The molecule has 0 unspecified atom stereocenters. The third-order valence-electron chi connectivity index (χ3n) is 3.98. The van der Waals surface area contributed by atoms with Gasteiger partial charge in [-0.2, -0.15) is 0 Å². The summed E-state index contributed by atoms with van der Waals surface area (Å²) in [6, 6.07) is 5.44. The van der Waals surface area contributed by atoms with Gasteiger partial charge in [-0.25, -0.2) is 0 Å². The maximum atomic E-state index is 12.0. The molecule has 0 atom stereocenters. The van der Waals surface area contributed by atoms with Crippen LogP contribution in [0.5, 0.6) is 11.5 Å². The van der Waals surface area contributed by atoms with Crippen LogP contribution in [0.15, 0.2) is 18.2 Å². The van der Waals surface area contributed by atoms with E-state index in [1.807, 2.05) is 30.5 Å². The Kier molecular flexibility index (Phi) is 4.59. The van der Waals surface area contributed by atoms with Crippen molar-refractivity contribution in [1.82, 2.24) is 4.57 Å². The molecule has 5 nitrogen and oxygen atoms in total. The molecule has 1 aromatic heterocycles. The zero-order valence-corrected chi connectivity index (χ0v) is 14.3. The number of hydrogen-bond acceptors (Lipinski definition) is 4. The average molecular weight is 315 g/mol. The van der Waals surface area contributed by atoms with Crippen molar-refractivity contribution in [2.24, 2.45) is 0 Å². The number of benzene rings is 1. The van der Waals surface area contributed by atoms with Crippen LogP contribution in [-0.4, -0.2) is 30.4 Å². The van der Waals surface area contributed by atoms with Gasteiger partial charge in [0.25, 0.3) is 0 Å². The highest BCUT2D eigenvalue weighted by molar-refractivity contribution is 6.09. The second kappa shape index (κ2) is 6.28. The fourth-order valence-electron chi connectivity index (χ4n) is 3.03. The summed E-state index contributed by atoms with van der Waals surface area (Å²) in [4.78, 5) is 24.1. The Balaban J connectivity index is 2.82. The fourth-order valence-corrected chi connectivity index (χ4v) is 3.03. The van der Waals surface area contributed by atoms with E-state index in [4.69, 9.17) is 9.47 Å². The van der Waals surface area contributed by atoms with Gasteiger partial charge >= 0.3 is 0 Å². The normalized spacial score (nSPS) is 10.5. The van der Waals surface area contributed by atoms with Gasteiger partial charge in [0.1, 0.15) is 11.5 Å². The molecule has 23 heavy (non-hydrogen) atoms. The lowest BCUT2D eigenvalue weighted by atomic mass is 10.0. The van der Waals surface area contributed by atoms with Crippen molar-refractivity contribution in [3.8, 4) is 17.2 Å². The van der Waals surface area contributed by atoms with Gasteiger partial charge in [0.05, 0.1) is 19.9 Å². The predicted molar refractivity (Wildman–Crippen MR) is 88.4 cm³/mol. The van der Waals surface area contributed by atoms with Crippen LogP contribution in [0.3, 0.4) is 0 Å². The fraction of sp³-hybridized carbons (Fsp3) is 0.333. The Bertz CT molecular complexity index is 749. The van der Waals surface area contributed by atoms with Crippen molar-refractivity contribution in [3.63, 3.8) is 0 Å². The van der Waals surface area contributed by atoms with Crippen molar-refractivity contribution < 1.29 is 19.1 Å². The SMILES string of the molecule is COc1ccc(-n2c(C)c(C(C)=O)c(C(C)=O)c2C)c(OC)c1. The Morgan fingerprint density at radius 1 is 0.913 bits per heavy atom. The number of Topliss-reactive ketones (excluding diaryl/α,β-unsaturated/α-hetero) is 2. The zero-order chi connectivity index (χ0) is 17.3. The molecular weight excluding hydrogens is 294 g/mol. The largest absolute Gasteiger partial charge is 0.497 e. The summed E-state index contributed by atoms with van der Waals surface area (Å²) in [5.41, 5.74) is 3.14. The number of methoxy groups -OCH3 is 2. The van der Waals surface area contributed by atoms with Gasteiger partial charge in [0.2, 0.25) is 0 Å². The smallest absolute Gasteiger partial charge is 0.162 e. The van der Waals surface area contributed by atoms with Crippen molar-refractivity contribution in [2.75, 3.05) is 14.2 Å². The summed E-state index contributed by atoms with van der Waals surface area (Å²) in [6.07, 6.45) is 0. The number of carbonyl (C=O) groups is 2. The van der Waals surface area contributed by atoms with Crippen molar-refractivity contribution in [2.45, 2.75) is 27.7 Å². The van der Waals surface area contributed by atoms with Crippen LogP contribution in [0.4, 0.5) is 0 Å². The van der Waals surface area contributed by atoms with Gasteiger partial charge < -0.3 is 14.0 Å². The standard InChI is InChI=1S/C18H21NO4/c1-10-17(12(3)20)18(13(4)21)11(2)19(10)15-8-7-14(22-5)9-16(15)23-6/h7-9H,1-6H3. The van der Waals surface area contributed by atoms with Gasteiger partial charge in [0, 0.05) is 28.6 Å². The molecule has 0 saturated heterocycles. The Morgan fingerprint density at radius 2 is 1.43 bits per heavy atom. The second-order valence-corrected chi connectivity index (χ2v) is 5.41. The summed E-state index contributed by atoms with van der Waals surface area (Å²) < 4.78 is 12.5. The number of ether oxygens (including phenoxy) is 2. The van der Waals surface area contributed by atoms with E-state index in [0.29, 0.717) is 22.6 Å². The first-order chi connectivity index (χ1) is 10.8. The van der Waals surface area contributed by atoms with Gasteiger partial charge in [-0.15, -0.1) is 0 Å². The summed E-state index contributed by atoms with van der Waals surface area (Å²) in [5, 5.41) is 0. The summed E-state index contributed by atoms with van der Waals surface area (Å²) in [7, 11) is 3.16. The molecule has 0 aliphatic rings. The maximum Gasteiger partial charge on any atom is 0.162 e. The number of rotatable bonds is 5. The molecule has 0 bridgehead atoms. The molecule has 2 aromatic rings. The molecule has 1 heterocycles. The highest BCUT2D eigenvalue weighted by Gasteiger charge is 2.25. The van der Waals surface area contributed by atoms with E-state index in [2.05, 4.69) is 0 Å². The molecule has 0 aliphatic carbocycles. The average Bonchev–Trinajstić information content (AvgIpc) is 2.77. The molecule has 0 radical (unpaired) electrons. The van der Waals surface area contributed by atoms with Crippen LogP contribution < -0.4 is 9.47 Å². The molecule has 0 saturated carbocycles. The zero-order valence-electron chi connectivity index (χ0n) is 14.3. The predicted octanol–water partition coefficient (Wildman–Crippen LogP) is 3.52. The van der Waals surface area contributed by atoms with Crippen LogP contribution in [0.25, 0.3) is 5.69 Å². The van der Waals surface area contributed by atoms with E-state index in [1.165, 1.54) is 13.8 Å². The van der Waals surface area contributed by atoms with Crippen molar-refractivity contribution >= 4 is 11.6 Å². The Hall–Kier alpha value is -2.56. The Labute approximate surface area is 135 Å². The molecule has 1 aromatic carbocycles. The van der Waals surface area contributed by atoms with Crippen molar-refractivity contribution in [1.29, 1.82) is 0 Å². The van der Waals surface area contributed by atoms with Crippen LogP contribution >= 0.6 is 0 Å². The third-order valence-corrected chi connectivity index (χ3v) is 3.98. The maximum absolute atomic E-state index is 12.0. The third kappa shape index (κ3) is 2.74. The Morgan fingerprint density at radius 3 is 1.83 bits per heavy atom. The summed E-state index contributed by atoms with van der Waals surface area (Å²) in [5.74, 6) is 1.03. The van der Waals surface area contributed by atoms with Crippen LogP contribution in [0.2, 0.25) is 0 Å². The van der Waals surface area contributed by atoms with Gasteiger partial charge in [-0.1, -0.05) is 0 Å². The molecule has 122 valence electrons. The number of nitrogens with zero attached hydrogens (tertiary/aromatic N) is 1. The van der Waals surface area contributed by atoms with E-state index in [1.54, 1.807) is 20.3 Å². The minimum absolute atomic E-state index is 0.123. The summed E-state index contributed by atoms with van der Waals surface area (Å²) >= 11 is 0. The first kappa shape index (κ1) is 16.8. The van der Waals surface area contributed by atoms with E-state index in [-0.39, 0.29) is 11.6 Å². The van der Waals surface area contributed by atoms with Crippen LogP contribution in [-0.2, 0) is 0 Å². The quantitative estimate of drug-likeness (QED) is 0.792. The molecule has 0 spiro atoms. The van der Waals surface area contributed by atoms with Crippen LogP contribution in [0, 0.1) is 13.8 Å². The van der Waals surface area contributed by atoms with Gasteiger partial charge in [-0.05, 0) is 39.8 Å². The van der Waals surface area contributed by atoms with E-state index in [0.717, 1.165) is 17.1 Å². The van der Waals surface area contributed by atoms with E-state index >= 15 is 0 Å². The number of ketones is 2. The molecule has 2 rings (SSSR count).